The Morgan fingerprint density at radius 2 is 2.27 bits per heavy atom. The molecule has 3 amide bonds. The standard InChI is InChI=1S/C5H7ClN2O2S/c1-7-2-3-8(4(7)9)5(10)11-6/h2-3H2,1H3. The fraction of sp³-hybridized carbons (Fsp3) is 0.600. The normalized spacial score (nSPS) is 17.8. The van der Waals surface area contributed by atoms with Crippen LogP contribution >= 0.6 is 21.7 Å². The van der Waals surface area contributed by atoms with E-state index in [4.69, 9.17) is 10.7 Å². The lowest BCUT2D eigenvalue weighted by Crippen LogP contribution is -2.31. The Bertz CT molecular complexity index is 199. The second-order valence-corrected chi connectivity index (χ2v) is 3.17. The van der Waals surface area contributed by atoms with E-state index in [0.29, 0.717) is 24.1 Å². The first-order valence-corrected chi connectivity index (χ1v) is 4.66. The number of rotatable bonds is 0. The predicted octanol–water partition coefficient (Wildman–Crippen LogP) is 1.36. The van der Waals surface area contributed by atoms with E-state index >= 15 is 0 Å². The summed E-state index contributed by atoms with van der Waals surface area (Å²) in [6.07, 6.45) is 0. The third-order valence-electron chi connectivity index (χ3n) is 1.50. The summed E-state index contributed by atoms with van der Waals surface area (Å²) in [6.45, 7) is 1.02. The summed E-state index contributed by atoms with van der Waals surface area (Å²) < 4.78 is 0. The molecule has 0 aliphatic carbocycles. The second-order valence-electron chi connectivity index (χ2n) is 2.20. The van der Waals surface area contributed by atoms with E-state index in [9.17, 15) is 9.59 Å². The number of urea groups is 1. The third-order valence-corrected chi connectivity index (χ3v) is 2.25. The molecule has 0 aromatic rings. The molecule has 1 fully saturated rings. The SMILES string of the molecule is CN1CCN(C(=O)SCl)C1=O. The van der Waals surface area contributed by atoms with Crippen LogP contribution in [0.2, 0.25) is 0 Å². The van der Waals surface area contributed by atoms with Crippen molar-refractivity contribution in [2.45, 2.75) is 0 Å². The van der Waals surface area contributed by atoms with Crippen molar-refractivity contribution in [3.8, 4) is 0 Å². The van der Waals surface area contributed by atoms with Gasteiger partial charge in [-0.1, -0.05) is 0 Å². The van der Waals surface area contributed by atoms with Crippen LogP contribution in [-0.4, -0.2) is 41.2 Å². The van der Waals surface area contributed by atoms with Gasteiger partial charge >= 0.3 is 11.3 Å². The van der Waals surface area contributed by atoms with Crippen molar-refractivity contribution >= 4 is 32.9 Å². The van der Waals surface area contributed by atoms with Crippen LogP contribution in [0, 0.1) is 0 Å². The monoisotopic (exact) mass is 194 g/mol. The van der Waals surface area contributed by atoms with E-state index in [-0.39, 0.29) is 6.03 Å². The number of hydrogen-bond donors (Lipinski definition) is 0. The topological polar surface area (TPSA) is 40.6 Å². The van der Waals surface area contributed by atoms with Gasteiger partial charge < -0.3 is 4.90 Å². The molecular weight excluding hydrogens is 188 g/mol. The molecule has 0 aromatic carbocycles. The van der Waals surface area contributed by atoms with Crippen LogP contribution in [0.4, 0.5) is 9.59 Å². The quantitative estimate of drug-likeness (QED) is 0.585. The van der Waals surface area contributed by atoms with Crippen molar-refractivity contribution in [3.63, 3.8) is 0 Å². The maximum Gasteiger partial charge on any atom is 0.327 e. The lowest BCUT2D eigenvalue weighted by molar-refractivity contribution is 0.200. The number of carbonyl (C=O) groups is 2. The highest BCUT2D eigenvalue weighted by Gasteiger charge is 2.30. The molecule has 0 saturated carbocycles. The molecule has 0 unspecified atom stereocenters. The highest BCUT2D eigenvalue weighted by atomic mass is 35.7. The van der Waals surface area contributed by atoms with E-state index in [1.807, 2.05) is 0 Å². The molecular formula is C5H7ClN2O2S. The van der Waals surface area contributed by atoms with E-state index in [2.05, 4.69) is 0 Å². The highest BCUT2D eigenvalue weighted by molar-refractivity contribution is 8.32. The number of halogens is 1. The molecule has 1 aliphatic rings. The zero-order valence-electron chi connectivity index (χ0n) is 5.91. The number of nitrogens with zero attached hydrogens (tertiary/aromatic N) is 2. The van der Waals surface area contributed by atoms with Crippen molar-refractivity contribution in [2.24, 2.45) is 0 Å². The Morgan fingerprint density at radius 1 is 1.64 bits per heavy atom. The lowest BCUT2D eigenvalue weighted by Gasteiger charge is -2.10. The fourth-order valence-electron chi connectivity index (χ4n) is 0.858. The van der Waals surface area contributed by atoms with E-state index in [1.54, 1.807) is 7.05 Å². The zero-order valence-corrected chi connectivity index (χ0v) is 7.48. The van der Waals surface area contributed by atoms with Gasteiger partial charge in [-0.05, 0) is 10.7 Å². The highest BCUT2D eigenvalue weighted by Crippen LogP contribution is 2.17. The van der Waals surface area contributed by atoms with Gasteiger partial charge in [0.15, 0.2) is 0 Å². The van der Waals surface area contributed by atoms with Crippen LogP contribution < -0.4 is 0 Å². The van der Waals surface area contributed by atoms with Crippen molar-refractivity contribution in [1.29, 1.82) is 0 Å². The van der Waals surface area contributed by atoms with Crippen LogP contribution in [0.5, 0.6) is 0 Å². The summed E-state index contributed by atoms with van der Waals surface area (Å²) in [5, 5.41) is -0.402. The van der Waals surface area contributed by atoms with Crippen molar-refractivity contribution in [2.75, 3.05) is 20.1 Å². The summed E-state index contributed by atoms with van der Waals surface area (Å²) in [4.78, 5) is 24.5. The Morgan fingerprint density at radius 3 is 2.64 bits per heavy atom. The molecule has 4 nitrogen and oxygen atoms in total. The first kappa shape index (κ1) is 8.67. The maximum absolute atomic E-state index is 11.1. The number of imide groups is 1. The van der Waals surface area contributed by atoms with Crippen molar-refractivity contribution < 1.29 is 9.59 Å². The van der Waals surface area contributed by atoms with Crippen LogP contribution in [-0.2, 0) is 0 Å². The van der Waals surface area contributed by atoms with Gasteiger partial charge in [0, 0.05) is 31.1 Å². The number of hydrogen-bond acceptors (Lipinski definition) is 3. The number of amides is 3. The minimum Gasteiger partial charge on any atom is -0.326 e. The average Bonchev–Trinajstić information content (AvgIpc) is 2.32. The second kappa shape index (κ2) is 3.32. The van der Waals surface area contributed by atoms with Gasteiger partial charge in [0.1, 0.15) is 0 Å². The molecule has 11 heavy (non-hydrogen) atoms. The van der Waals surface area contributed by atoms with Crippen molar-refractivity contribution in [3.05, 3.63) is 0 Å². The van der Waals surface area contributed by atoms with Crippen molar-refractivity contribution in [1.82, 2.24) is 9.80 Å². The molecule has 0 bridgehead atoms. The summed E-state index contributed by atoms with van der Waals surface area (Å²) in [5.74, 6) is 0. The van der Waals surface area contributed by atoms with Crippen LogP contribution in [0.15, 0.2) is 0 Å². The largest absolute Gasteiger partial charge is 0.327 e. The van der Waals surface area contributed by atoms with Gasteiger partial charge in [0.2, 0.25) is 0 Å². The molecule has 1 aliphatic heterocycles. The fourth-order valence-corrected chi connectivity index (χ4v) is 1.36. The number of carbonyl (C=O) groups excluding carboxylic acids is 2. The zero-order chi connectivity index (χ0) is 8.43. The van der Waals surface area contributed by atoms with Gasteiger partial charge in [-0.2, -0.15) is 0 Å². The summed E-state index contributed by atoms with van der Waals surface area (Å²) in [5.41, 5.74) is 0. The molecule has 0 radical (unpaired) electrons. The lowest BCUT2D eigenvalue weighted by atomic mass is 10.6. The molecule has 6 heteroatoms. The van der Waals surface area contributed by atoms with E-state index in [0.717, 1.165) is 4.90 Å². The minimum absolute atomic E-state index is 0.275. The number of likely N-dealkylation sites (N-methyl/N-ethyl adjacent to an activating group) is 1. The maximum atomic E-state index is 11.1. The smallest absolute Gasteiger partial charge is 0.326 e. The Hall–Kier alpha value is -0.420. The molecule has 62 valence electrons. The predicted molar refractivity (Wildman–Crippen MR) is 43.6 cm³/mol. The van der Waals surface area contributed by atoms with E-state index < -0.39 is 5.24 Å². The molecule has 1 rings (SSSR count). The van der Waals surface area contributed by atoms with Gasteiger partial charge in [0.25, 0.3) is 0 Å². The first-order chi connectivity index (χ1) is 5.16. The molecule has 0 aromatic heterocycles. The molecule has 0 N–H and O–H groups in total. The third kappa shape index (κ3) is 1.59. The summed E-state index contributed by atoms with van der Waals surface area (Å²) >= 11 is 0. The molecule has 1 heterocycles. The van der Waals surface area contributed by atoms with E-state index in [1.165, 1.54) is 4.90 Å². The van der Waals surface area contributed by atoms with Gasteiger partial charge in [-0.15, -0.1) is 0 Å². The summed E-state index contributed by atoms with van der Waals surface area (Å²) in [6, 6.07) is -0.275. The Balaban J connectivity index is 2.62. The Kier molecular flexibility index (Phi) is 2.62. The Labute approximate surface area is 73.0 Å². The van der Waals surface area contributed by atoms with Gasteiger partial charge in [0.05, 0.1) is 0 Å². The van der Waals surface area contributed by atoms with Crippen LogP contribution in [0.25, 0.3) is 0 Å². The van der Waals surface area contributed by atoms with Crippen LogP contribution in [0.1, 0.15) is 0 Å². The first-order valence-electron chi connectivity index (χ1n) is 3.02. The molecule has 1 saturated heterocycles. The van der Waals surface area contributed by atoms with Crippen LogP contribution in [0.3, 0.4) is 0 Å². The molecule has 0 spiro atoms. The van der Waals surface area contributed by atoms with Gasteiger partial charge in [-0.3, -0.25) is 9.69 Å². The average molecular weight is 195 g/mol. The minimum atomic E-state index is -0.402. The summed E-state index contributed by atoms with van der Waals surface area (Å²) in [7, 11) is 7.39. The molecule has 0 atom stereocenters. The van der Waals surface area contributed by atoms with Gasteiger partial charge in [-0.25, -0.2) is 4.79 Å².